The topological polar surface area (TPSA) is 123 Å². The Morgan fingerprint density at radius 2 is 2.21 bits per heavy atom. The van der Waals surface area contributed by atoms with Gasteiger partial charge in [0.1, 0.15) is 18.0 Å². The average molecular weight is 396 g/mol. The summed E-state index contributed by atoms with van der Waals surface area (Å²) >= 11 is 1.57. The number of aliphatic hydroxyl groups is 1. The van der Waals surface area contributed by atoms with Crippen molar-refractivity contribution < 1.29 is 5.11 Å². The van der Waals surface area contributed by atoms with E-state index < -0.39 is 0 Å². The van der Waals surface area contributed by atoms with E-state index in [2.05, 4.69) is 36.6 Å². The van der Waals surface area contributed by atoms with Gasteiger partial charge in [-0.25, -0.2) is 19.9 Å². The number of nitrogens with zero attached hydrogens (tertiary/aromatic N) is 6. The lowest BCUT2D eigenvalue weighted by Gasteiger charge is -2.28. The van der Waals surface area contributed by atoms with E-state index in [1.807, 2.05) is 6.07 Å². The summed E-state index contributed by atoms with van der Waals surface area (Å²) in [5, 5.41) is 25.3. The standard InChI is InChI=1S/C18H20N8OS/c19-9-12-2-1-6-26(10-12)18-24-13-3-4-21-17(16(13)28-18)25-15-8-14(20-5-7-27)22-11-23-15/h3-4,8,11-12,27H,1-2,5-7,10H2,(H2,20,21,22,23,25). The van der Waals surface area contributed by atoms with Crippen LogP contribution in [0.3, 0.4) is 0 Å². The minimum absolute atomic E-state index is 0.0282. The maximum absolute atomic E-state index is 9.24. The lowest BCUT2D eigenvalue weighted by Crippen LogP contribution is -2.34. The molecule has 10 heteroatoms. The molecule has 0 aromatic carbocycles. The summed E-state index contributed by atoms with van der Waals surface area (Å²) in [7, 11) is 0. The van der Waals surface area contributed by atoms with Crippen LogP contribution in [0.2, 0.25) is 0 Å². The second-order valence-electron chi connectivity index (χ2n) is 6.48. The van der Waals surface area contributed by atoms with Crippen LogP contribution in [0, 0.1) is 17.2 Å². The molecule has 0 amide bonds. The third-order valence-electron chi connectivity index (χ3n) is 4.50. The highest BCUT2D eigenvalue weighted by Gasteiger charge is 2.22. The van der Waals surface area contributed by atoms with E-state index in [0.29, 0.717) is 24.0 Å². The smallest absolute Gasteiger partial charge is 0.186 e. The maximum atomic E-state index is 9.24. The molecule has 1 fully saturated rings. The Hall–Kier alpha value is -3.03. The number of aliphatic hydroxyl groups excluding tert-OH is 1. The fourth-order valence-corrected chi connectivity index (χ4v) is 4.19. The van der Waals surface area contributed by atoms with Crippen molar-refractivity contribution in [3.8, 4) is 6.07 Å². The van der Waals surface area contributed by atoms with E-state index in [0.717, 1.165) is 41.3 Å². The summed E-state index contributed by atoms with van der Waals surface area (Å²) in [5.74, 6) is 1.97. The van der Waals surface area contributed by atoms with Gasteiger partial charge in [0.25, 0.3) is 0 Å². The highest BCUT2D eigenvalue weighted by molar-refractivity contribution is 7.22. The SMILES string of the molecule is N#CC1CCCN(c2nc3ccnc(Nc4cc(NCCO)ncn4)c3s2)C1. The number of thiazole rings is 1. The van der Waals surface area contributed by atoms with Gasteiger partial charge < -0.3 is 20.6 Å². The second kappa shape index (κ2) is 8.33. The number of fused-ring (bicyclic) bond motifs is 1. The maximum Gasteiger partial charge on any atom is 0.186 e. The molecule has 4 heterocycles. The molecule has 3 aromatic heterocycles. The van der Waals surface area contributed by atoms with Crippen LogP contribution < -0.4 is 15.5 Å². The van der Waals surface area contributed by atoms with E-state index in [1.54, 1.807) is 23.6 Å². The Morgan fingerprint density at radius 1 is 1.32 bits per heavy atom. The largest absolute Gasteiger partial charge is 0.395 e. The van der Waals surface area contributed by atoms with Gasteiger partial charge in [-0.3, -0.25) is 0 Å². The molecule has 28 heavy (non-hydrogen) atoms. The van der Waals surface area contributed by atoms with Crippen LogP contribution >= 0.6 is 11.3 Å². The Morgan fingerprint density at radius 3 is 3.07 bits per heavy atom. The van der Waals surface area contributed by atoms with Crippen LogP contribution in [0.5, 0.6) is 0 Å². The van der Waals surface area contributed by atoms with Crippen molar-refractivity contribution in [2.75, 3.05) is 41.8 Å². The molecule has 1 aliphatic heterocycles. The number of nitriles is 1. The van der Waals surface area contributed by atoms with Gasteiger partial charge in [0.2, 0.25) is 0 Å². The minimum atomic E-state index is 0.0282. The Balaban J connectivity index is 1.58. The first-order valence-electron chi connectivity index (χ1n) is 9.10. The van der Waals surface area contributed by atoms with Crippen molar-refractivity contribution in [1.29, 1.82) is 5.26 Å². The molecule has 1 aliphatic rings. The molecule has 1 atom stereocenters. The summed E-state index contributed by atoms with van der Waals surface area (Å²) in [6, 6.07) is 6.03. The molecular formula is C18H20N8OS. The van der Waals surface area contributed by atoms with Crippen molar-refractivity contribution in [2.24, 2.45) is 5.92 Å². The van der Waals surface area contributed by atoms with Gasteiger partial charge in [-0.2, -0.15) is 5.26 Å². The number of piperidine rings is 1. The monoisotopic (exact) mass is 396 g/mol. The molecule has 144 valence electrons. The molecule has 0 bridgehead atoms. The number of pyridine rings is 1. The van der Waals surface area contributed by atoms with Crippen LogP contribution in [0.1, 0.15) is 12.8 Å². The first-order chi connectivity index (χ1) is 13.8. The van der Waals surface area contributed by atoms with Crippen molar-refractivity contribution in [2.45, 2.75) is 12.8 Å². The Bertz CT molecular complexity index is 1000. The quantitative estimate of drug-likeness (QED) is 0.576. The van der Waals surface area contributed by atoms with Gasteiger partial charge in [0, 0.05) is 31.9 Å². The molecule has 0 radical (unpaired) electrons. The summed E-state index contributed by atoms with van der Waals surface area (Å²) in [6.45, 7) is 2.08. The number of nitrogens with one attached hydrogen (secondary N) is 2. The first-order valence-corrected chi connectivity index (χ1v) is 9.92. The predicted octanol–water partition coefficient (Wildman–Crippen LogP) is 2.37. The van der Waals surface area contributed by atoms with E-state index in [9.17, 15) is 5.26 Å². The highest BCUT2D eigenvalue weighted by atomic mass is 32.1. The van der Waals surface area contributed by atoms with Crippen molar-refractivity contribution in [1.82, 2.24) is 19.9 Å². The Kier molecular flexibility index (Phi) is 5.45. The van der Waals surface area contributed by atoms with Crippen molar-refractivity contribution in [3.63, 3.8) is 0 Å². The van der Waals surface area contributed by atoms with Crippen LogP contribution in [0.25, 0.3) is 10.2 Å². The lowest BCUT2D eigenvalue weighted by atomic mass is 10.0. The third-order valence-corrected chi connectivity index (χ3v) is 5.64. The molecule has 4 rings (SSSR count). The molecular weight excluding hydrogens is 376 g/mol. The van der Waals surface area contributed by atoms with Crippen LogP contribution in [-0.2, 0) is 0 Å². The molecule has 3 aromatic rings. The molecule has 1 unspecified atom stereocenters. The highest BCUT2D eigenvalue weighted by Crippen LogP contribution is 2.35. The fourth-order valence-electron chi connectivity index (χ4n) is 3.15. The van der Waals surface area contributed by atoms with Crippen LogP contribution in [0.4, 0.5) is 22.6 Å². The fraction of sp³-hybridized carbons (Fsp3) is 0.389. The normalized spacial score (nSPS) is 16.7. The molecule has 9 nitrogen and oxygen atoms in total. The zero-order chi connectivity index (χ0) is 19.3. The van der Waals surface area contributed by atoms with E-state index in [4.69, 9.17) is 10.1 Å². The molecule has 0 aliphatic carbocycles. The zero-order valence-electron chi connectivity index (χ0n) is 15.2. The predicted molar refractivity (Wildman–Crippen MR) is 109 cm³/mol. The summed E-state index contributed by atoms with van der Waals surface area (Å²) < 4.78 is 0.945. The summed E-state index contributed by atoms with van der Waals surface area (Å²) in [4.78, 5) is 19.8. The van der Waals surface area contributed by atoms with Gasteiger partial charge in [0.15, 0.2) is 10.9 Å². The van der Waals surface area contributed by atoms with E-state index >= 15 is 0 Å². The van der Waals surface area contributed by atoms with E-state index in [-0.39, 0.29) is 12.5 Å². The number of rotatable bonds is 6. The number of aromatic nitrogens is 4. The van der Waals surface area contributed by atoms with Gasteiger partial charge in [-0.05, 0) is 18.9 Å². The van der Waals surface area contributed by atoms with Crippen molar-refractivity contribution in [3.05, 3.63) is 24.7 Å². The van der Waals surface area contributed by atoms with Gasteiger partial charge >= 0.3 is 0 Å². The summed E-state index contributed by atoms with van der Waals surface area (Å²) in [6.07, 6.45) is 5.12. The van der Waals surface area contributed by atoms with Gasteiger partial charge in [-0.15, -0.1) is 0 Å². The number of hydrogen-bond donors (Lipinski definition) is 3. The molecule has 0 spiro atoms. The third kappa shape index (κ3) is 3.95. The minimum Gasteiger partial charge on any atom is -0.395 e. The summed E-state index contributed by atoms with van der Waals surface area (Å²) in [5.41, 5.74) is 0.865. The van der Waals surface area contributed by atoms with E-state index in [1.165, 1.54) is 6.33 Å². The van der Waals surface area contributed by atoms with Gasteiger partial charge in [0.05, 0.1) is 28.8 Å². The molecule has 1 saturated heterocycles. The lowest BCUT2D eigenvalue weighted by molar-refractivity contribution is 0.311. The average Bonchev–Trinajstić information content (AvgIpc) is 3.18. The van der Waals surface area contributed by atoms with Crippen LogP contribution in [0.15, 0.2) is 24.7 Å². The molecule has 0 saturated carbocycles. The first kappa shape index (κ1) is 18.3. The van der Waals surface area contributed by atoms with Crippen molar-refractivity contribution >= 4 is 44.1 Å². The number of anilines is 4. The molecule has 3 N–H and O–H groups in total. The Labute approximate surface area is 166 Å². The van der Waals surface area contributed by atoms with Gasteiger partial charge in [-0.1, -0.05) is 11.3 Å². The van der Waals surface area contributed by atoms with Crippen LogP contribution in [-0.4, -0.2) is 51.3 Å². The number of hydrogen-bond acceptors (Lipinski definition) is 10. The zero-order valence-corrected chi connectivity index (χ0v) is 16.0. The second-order valence-corrected chi connectivity index (χ2v) is 7.46.